The van der Waals surface area contributed by atoms with Crippen LogP contribution in [0, 0.1) is 5.92 Å². The molecule has 0 bridgehead atoms. The molecule has 2 rings (SSSR count). The van der Waals surface area contributed by atoms with Crippen LogP contribution in [0.3, 0.4) is 0 Å². The van der Waals surface area contributed by atoms with Gasteiger partial charge in [-0.3, -0.25) is 0 Å². The number of hydrogen-bond donors (Lipinski definition) is 1. The van der Waals surface area contributed by atoms with Gasteiger partial charge in [0.25, 0.3) is 0 Å². The van der Waals surface area contributed by atoms with E-state index >= 15 is 0 Å². The second-order valence-corrected chi connectivity index (χ2v) is 5.52. The average molecular weight is 248 g/mol. The maximum Gasteiger partial charge on any atom is 0.124 e. The molecule has 0 saturated heterocycles. The molecule has 0 radical (unpaired) electrons. The molecule has 3 nitrogen and oxygen atoms in total. The van der Waals surface area contributed by atoms with Gasteiger partial charge in [0.1, 0.15) is 5.75 Å². The summed E-state index contributed by atoms with van der Waals surface area (Å²) >= 11 is 0. The summed E-state index contributed by atoms with van der Waals surface area (Å²) in [5.41, 5.74) is 1.29. The Labute approximate surface area is 110 Å². The van der Waals surface area contributed by atoms with Crippen molar-refractivity contribution in [3.8, 4) is 5.75 Å². The number of likely N-dealkylation sites (N-methyl/N-ethyl adjacent to an activating group) is 1. The molecule has 1 aliphatic heterocycles. The topological polar surface area (TPSA) is 24.5 Å². The minimum absolute atomic E-state index is 0.400. The summed E-state index contributed by atoms with van der Waals surface area (Å²) in [6.07, 6.45) is 0. The Balaban J connectivity index is 2.07. The molecular formula is C15H24N2O. The van der Waals surface area contributed by atoms with Crippen LogP contribution in [0.1, 0.15) is 25.5 Å². The van der Waals surface area contributed by atoms with Gasteiger partial charge in [0, 0.05) is 30.1 Å². The third kappa shape index (κ3) is 2.85. The first-order chi connectivity index (χ1) is 8.59. The first-order valence-corrected chi connectivity index (χ1v) is 6.71. The van der Waals surface area contributed by atoms with Gasteiger partial charge in [-0.1, -0.05) is 25.1 Å². The molecule has 100 valence electrons. The molecule has 1 N–H and O–H groups in total. The fraction of sp³-hybridized carbons (Fsp3) is 0.600. The molecule has 3 heteroatoms. The summed E-state index contributed by atoms with van der Waals surface area (Å²) in [4.78, 5) is 2.24. The Morgan fingerprint density at radius 3 is 2.83 bits per heavy atom. The Morgan fingerprint density at radius 1 is 1.39 bits per heavy atom. The highest BCUT2D eigenvalue weighted by molar-refractivity contribution is 5.37. The molecule has 1 aromatic carbocycles. The highest BCUT2D eigenvalue weighted by atomic mass is 16.5. The van der Waals surface area contributed by atoms with Crippen molar-refractivity contribution in [2.45, 2.75) is 25.9 Å². The molecule has 3 unspecified atom stereocenters. The van der Waals surface area contributed by atoms with E-state index in [0.29, 0.717) is 18.0 Å². The molecule has 0 fully saturated rings. The van der Waals surface area contributed by atoms with Crippen LogP contribution in [0.4, 0.5) is 0 Å². The summed E-state index contributed by atoms with van der Waals surface area (Å²) < 4.78 is 5.77. The van der Waals surface area contributed by atoms with Crippen LogP contribution in [0.25, 0.3) is 0 Å². The van der Waals surface area contributed by atoms with Crippen LogP contribution in [0.15, 0.2) is 24.3 Å². The van der Waals surface area contributed by atoms with Gasteiger partial charge in [-0.15, -0.1) is 0 Å². The quantitative estimate of drug-likeness (QED) is 0.885. The zero-order valence-electron chi connectivity index (χ0n) is 11.8. The number of fused-ring (bicyclic) bond motifs is 1. The maximum absolute atomic E-state index is 5.77. The molecule has 1 aromatic rings. The van der Waals surface area contributed by atoms with Gasteiger partial charge in [0.15, 0.2) is 0 Å². The van der Waals surface area contributed by atoms with E-state index < -0.39 is 0 Å². The lowest BCUT2D eigenvalue weighted by Crippen LogP contribution is -2.41. The molecule has 18 heavy (non-hydrogen) atoms. The highest BCUT2D eigenvalue weighted by Crippen LogP contribution is 2.34. The van der Waals surface area contributed by atoms with E-state index in [1.807, 2.05) is 6.07 Å². The van der Waals surface area contributed by atoms with Gasteiger partial charge in [-0.2, -0.15) is 0 Å². The van der Waals surface area contributed by atoms with Gasteiger partial charge < -0.3 is 15.0 Å². The first-order valence-electron chi connectivity index (χ1n) is 6.71. The number of benzene rings is 1. The second kappa shape index (κ2) is 5.72. The Hall–Kier alpha value is -1.06. The van der Waals surface area contributed by atoms with Crippen molar-refractivity contribution >= 4 is 0 Å². The summed E-state index contributed by atoms with van der Waals surface area (Å²) in [6.45, 7) is 6.28. The molecule has 0 amide bonds. The van der Waals surface area contributed by atoms with Gasteiger partial charge in [0.05, 0.1) is 6.61 Å². The fourth-order valence-corrected chi connectivity index (χ4v) is 2.28. The van der Waals surface area contributed by atoms with Crippen molar-refractivity contribution < 1.29 is 4.74 Å². The Morgan fingerprint density at radius 2 is 2.11 bits per heavy atom. The zero-order valence-corrected chi connectivity index (χ0v) is 11.8. The van der Waals surface area contributed by atoms with E-state index in [0.717, 1.165) is 18.9 Å². The molecule has 1 heterocycles. The largest absolute Gasteiger partial charge is 0.493 e. The van der Waals surface area contributed by atoms with Crippen molar-refractivity contribution in [3.63, 3.8) is 0 Å². The van der Waals surface area contributed by atoms with Crippen LogP contribution in [0.5, 0.6) is 5.75 Å². The van der Waals surface area contributed by atoms with Crippen LogP contribution < -0.4 is 10.1 Å². The van der Waals surface area contributed by atoms with Crippen molar-refractivity contribution in [1.82, 2.24) is 10.2 Å². The molecule has 0 spiro atoms. The molecule has 0 aliphatic carbocycles. The number of hydrogen-bond acceptors (Lipinski definition) is 3. The molecule has 0 saturated carbocycles. The summed E-state index contributed by atoms with van der Waals surface area (Å²) in [5, 5.41) is 3.69. The zero-order chi connectivity index (χ0) is 13.1. The SMILES string of the molecule is CC1COc2ccccc2C1NCC(C)N(C)C. The van der Waals surface area contributed by atoms with Crippen LogP contribution >= 0.6 is 0 Å². The molecule has 3 atom stereocenters. The standard InChI is InChI=1S/C15H24N2O/c1-11-10-18-14-8-6-5-7-13(14)15(11)16-9-12(2)17(3)4/h5-8,11-12,15-16H,9-10H2,1-4H3. The smallest absolute Gasteiger partial charge is 0.124 e. The molecule has 0 aromatic heterocycles. The number of ether oxygens (including phenoxy) is 1. The maximum atomic E-state index is 5.77. The van der Waals surface area contributed by atoms with Gasteiger partial charge in [-0.25, -0.2) is 0 Å². The number of rotatable bonds is 4. The van der Waals surface area contributed by atoms with Crippen molar-refractivity contribution in [2.24, 2.45) is 5.92 Å². The molecule has 1 aliphatic rings. The van der Waals surface area contributed by atoms with Crippen LogP contribution in [0.2, 0.25) is 0 Å². The van der Waals surface area contributed by atoms with Crippen molar-refractivity contribution in [2.75, 3.05) is 27.2 Å². The van der Waals surface area contributed by atoms with E-state index in [1.165, 1.54) is 5.56 Å². The van der Waals surface area contributed by atoms with Crippen LogP contribution in [-0.2, 0) is 0 Å². The van der Waals surface area contributed by atoms with Gasteiger partial charge in [0.2, 0.25) is 0 Å². The summed E-state index contributed by atoms with van der Waals surface area (Å²) in [7, 11) is 4.24. The average Bonchev–Trinajstić information content (AvgIpc) is 2.37. The number of para-hydroxylation sites is 1. The van der Waals surface area contributed by atoms with E-state index in [-0.39, 0.29) is 0 Å². The van der Waals surface area contributed by atoms with Gasteiger partial charge in [-0.05, 0) is 27.1 Å². The lowest BCUT2D eigenvalue weighted by molar-refractivity contribution is 0.180. The fourth-order valence-electron chi connectivity index (χ4n) is 2.28. The summed E-state index contributed by atoms with van der Waals surface area (Å²) in [6, 6.07) is 9.29. The van der Waals surface area contributed by atoms with E-state index in [1.54, 1.807) is 0 Å². The first kappa shape index (κ1) is 13.4. The third-order valence-corrected chi connectivity index (χ3v) is 3.84. The predicted molar refractivity (Wildman–Crippen MR) is 75.0 cm³/mol. The highest BCUT2D eigenvalue weighted by Gasteiger charge is 2.27. The van der Waals surface area contributed by atoms with E-state index in [9.17, 15) is 0 Å². The lowest BCUT2D eigenvalue weighted by Gasteiger charge is -2.33. The van der Waals surface area contributed by atoms with Gasteiger partial charge >= 0.3 is 0 Å². The van der Waals surface area contributed by atoms with E-state index in [2.05, 4.69) is 56.4 Å². The molecular weight excluding hydrogens is 224 g/mol. The third-order valence-electron chi connectivity index (χ3n) is 3.84. The lowest BCUT2D eigenvalue weighted by atomic mass is 9.92. The Bertz CT molecular complexity index is 392. The normalized spacial score (nSPS) is 24.5. The predicted octanol–water partition coefficient (Wildman–Crippen LogP) is 2.30. The number of nitrogens with one attached hydrogen (secondary N) is 1. The monoisotopic (exact) mass is 248 g/mol. The van der Waals surface area contributed by atoms with Crippen LogP contribution in [-0.4, -0.2) is 38.2 Å². The minimum Gasteiger partial charge on any atom is -0.493 e. The van der Waals surface area contributed by atoms with Crippen molar-refractivity contribution in [3.05, 3.63) is 29.8 Å². The summed E-state index contributed by atoms with van der Waals surface area (Å²) in [5.74, 6) is 1.54. The number of nitrogens with zero attached hydrogens (tertiary/aromatic N) is 1. The Kier molecular flexibility index (Phi) is 4.25. The van der Waals surface area contributed by atoms with Crippen molar-refractivity contribution in [1.29, 1.82) is 0 Å². The van der Waals surface area contributed by atoms with E-state index in [4.69, 9.17) is 4.74 Å². The minimum atomic E-state index is 0.400. The second-order valence-electron chi connectivity index (χ2n) is 5.52.